The number of fused-ring (bicyclic) bond motifs is 2. The van der Waals surface area contributed by atoms with Crippen molar-refractivity contribution in [2.45, 2.75) is 64.7 Å². The van der Waals surface area contributed by atoms with E-state index in [0.717, 1.165) is 55.6 Å². The largest absolute Gasteiger partial charge is 0.341 e. The Labute approximate surface area is 196 Å². The minimum absolute atomic E-state index is 0.268. The third-order valence-electron chi connectivity index (χ3n) is 6.80. The molecule has 5 nitrogen and oxygen atoms in total. The van der Waals surface area contributed by atoms with Gasteiger partial charge in [0.2, 0.25) is 0 Å². The molecular formula is C28H33N5. The van der Waals surface area contributed by atoms with Crippen LogP contribution in [0.15, 0.2) is 60.8 Å². The predicted molar refractivity (Wildman–Crippen MR) is 134 cm³/mol. The van der Waals surface area contributed by atoms with Crippen molar-refractivity contribution in [2.75, 3.05) is 0 Å². The number of para-hydroxylation sites is 2. The average Bonchev–Trinajstić information content (AvgIpc) is 3.27. The summed E-state index contributed by atoms with van der Waals surface area (Å²) < 4.78 is 0. The first-order valence-corrected chi connectivity index (χ1v) is 12.2. The van der Waals surface area contributed by atoms with Crippen LogP contribution in [0.3, 0.4) is 0 Å². The number of nitrogens with one attached hydrogen (secondary N) is 1. The van der Waals surface area contributed by atoms with Crippen molar-refractivity contribution in [3.8, 4) is 0 Å². The van der Waals surface area contributed by atoms with Crippen LogP contribution in [-0.4, -0.2) is 19.9 Å². The molecule has 1 atom stereocenters. The molecule has 2 heterocycles. The quantitative estimate of drug-likeness (QED) is 0.383. The lowest BCUT2D eigenvalue weighted by molar-refractivity contribution is 0.153. The molecule has 1 aliphatic rings. The van der Waals surface area contributed by atoms with Crippen molar-refractivity contribution in [1.29, 1.82) is 0 Å². The molecule has 5 rings (SSSR count). The number of aryl methyl sites for hydroxylation is 2. The van der Waals surface area contributed by atoms with Crippen molar-refractivity contribution in [3.05, 3.63) is 94.6 Å². The molecule has 0 bridgehead atoms. The maximum absolute atomic E-state index is 6.20. The van der Waals surface area contributed by atoms with Gasteiger partial charge < -0.3 is 10.7 Å². The fourth-order valence-electron chi connectivity index (χ4n) is 5.18. The first kappa shape index (κ1) is 21.8. The van der Waals surface area contributed by atoms with E-state index in [1.54, 1.807) is 0 Å². The molecule has 1 unspecified atom stereocenters. The highest BCUT2D eigenvalue weighted by Crippen LogP contribution is 2.35. The maximum Gasteiger partial charge on any atom is 0.121 e. The Morgan fingerprint density at radius 3 is 2.82 bits per heavy atom. The lowest BCUT2D eigenvalue weighted by atomic mass is 9.90. The molecular weight excluding hydrogens is 406 g/mol. The third-order valence-corrected chi connectivity index (χ3v) is 6.80. The molecule has 0 saturated carbocycles. The molecule has 5 heteroatoms. The number of hydrogen-bond acceptors (Lipinski definition) is 4. The number of pyridine rings is 1. The topological polar surface area (TPSA) is 70.8 Å². The molecule has 0 amide bonds. The second kappa shape index (κ2) is 9.86. The van der Waals surface area contributed by atoms with Crippen LogP contribution < -0.4 is 5.73 Å². The van der Waals surface area contributed by atoms with Gasteiger partial charge in [-0.1, -0.05) is 49.7 Å². The highest BCUT2D eigenvalue weighted by molar-refractivity contribution is 5.74. The molecule has 4 aromatic rings. The van der Waals surface area contributed by atoms with Gasteiger partial charge in [0, 0.05) is 19.3 Å². The van der Waals surface area contributed by atoms with Gasteiger partial charge in [-0.3, -0.25) is 9.88 Å². The van der Waals surface area contributed by atoms with Gasteiger partial charge in [0.1, 0.15) is 5.82 Å². The van der Waals surface area contributed by atoms with Gasteiger partial charge in [-0.2, -0.15) is 0 Å². The van der Waals surface area contributed by atoms with Crippen molar-refractivity contribution >= 4 is 11.0 Å². The Hall–Kier alpha value is -3.02. The van der Waals surface area contributed by atoms with E-state index in [0.29, 0.717) is 6.54 Å². The van der Waals surface area contributed by atoms with Crippen molar-refractivity contribution in [3.63, 3.8) is 0 Å². The third kappa shape index (κ3) is 4.70. The summed E-state index contributed by atoms with van der Waals surface area (Å²) in [6.45, 7) is 4.36. The minimum Gasteiger partial charge on any atom is -0.341 e. The van der Waals surface area contributed by atoms with E-state index in [4.69, 9.17) is 15.7 Å². The van der Waals surface area contributed by atoms with Gasteiger partial charge >= 0.3 is 0 Å². The number of benzene rings is 2. The number of aromatic amines is 1. The normalized spacial score (nSPS) is 15.8. The number of imidazole rings is 1. The lowest BCUT2D eigenvalue weighted by Crippen LogP contribution is -2.32. The second-order valence-corrected chi connectivity index (χ2v) is 9.12. The van der Waals surface area contributed by atoms with Crippen LogP contribution in [0.2, 0.25) is 0 Å². The van der Waals surface area contributed by atoms with E-state index in [2.05, 4.69) is 65.3 Å². The number of hydrogen-bond donors (Lipinski definition) is 2. The van der Waals surface area contributed by atoms with E-state index in [1.807, 2.05) is 12.3 Å². The van der Waals surface area contributed by atoms with Gasteiger partial charge in [-0.15, -0.1) is 0 Å². The van der Waals surface area contributed by atoms with E-state index in [9.17, 15) is 0 Å². The Bertz CT molecular complexity index is 1190. The molecule has 0 spiro atoms. The Morgan fingerprint density at radius 2 is 1.97 bits per heavy atom. The summed E-state index contributed by atoms with van der Waals surface area (Å²) in [6, 6.07) is 19.7. The number of nitrogens with zero attached hydrogens (tertiary/aromatic N) is 3. The van der Waals surface area contributed by atoms with Crippen LogP contribution in [0.1, 0.15) is 66.0 Å². The molecule has 2 aromatic carbocycles. The summed E-state index contributed by atoms with van der Waals surface area (Å²) in [5.41, 5.74) is 14.8. The van der Waals surface area contributed by atoms with Crippen LogP contribution >= 0.6 is 0 Å². The fraction of sp³-hybridized carbons (Fsp3) is 0.357. The Kier molecular flexibility index (Phi) is 6.51. The van der Waals surface area contributed by atoms with Crippen molar-refractivity contribution in [2.24, 2.45) is 5.73 Å². The zero-order valence-electron chi connectivity index (χ0n) is 19.4. The van der Waals surface area contributed by atoms with Crippen LogP contribution in [0.25, 0.3) is 11.0 Å². The molecule has 0 fully saturated rings. The van der Waals surface area contributed by atoms with Gasteiger partial charge in [-0.25, -0.2) is 4.98 Å². The Morgan fingerprint density at radius 1 is 1.06 bits per heavy atom. The van der Waals surface area contributed by atoms with Crippen molar-refractivity contribution < 1.29 is 0 Å². The molecule has 0 saturated heterocycles. The lowest BCUT2D eigenvalue weighted by Gasteiger charge is -2.35. The zero-order valence-corrected chi connectivity index (χ0v) is 19.4. The summed E-state index contributed by atoms with van der Waals surface area (Å²) in [6.07, 6.45) is 7.57. The van der Waals surface area contributed by atoms with E-state index in [1.165, 1.54) is 34.4 Å². The standard InChI is InChI=1S/C28H33N5/c1-2-7-20-13-14-22(23(16-20)17-29)18-33(19-27-31-24-10-3-4-11-25(24)32-27)26-12-5-8-21-9-6-15-30-28(21)26/h3-4,6,9-11,13-16,26H,2,5,7-8,12,17-19,29H2,1H3,(H,31,32). The SMILES string of the molecule is CCCc1ccc(CN(Cc2nc3ccccc3[nH]2)C2CCCc3cccnc32)c(CN)c1. The highest BCUT2D eigenvalue weighted by Gasteiger charge is 2.28. The highest BCUT2D eigenvalue weighted by atomic mass is 15.2. The number of aromatic nitrogens is 3. The molecule has 0 radical (unpaired) electrons. The second-order valence-electron chi connectivity index (χ2n) is 9.12. The number of H-pyrrole nitrogens is 1. The van der Waals surface area contributed by atoms with Crippen molar-refractivity contribution in [1.82, 2.24) is 19.9 Å². The zero-order chi connectivity index (χ0) is 22.6. The number of rotatable bonds is 8. The van der Waals surface area contributed by atoms with E-state index < -0.39 is 0 Å². The predicted octanol–water partition coefficient (Wildman–Crippen LogP) is 5.45. The molecule has 1 aliphatic carbocycles. The van der Waals surface area contributed by atoms with E-state index >= 15 is 0 Å². The monoisotopic (exact) mass is 439 g/mol. The van der Waals surface area contributed by atoms with Crippen LogP contribution in [0.5, 0.6) is 0 Å². The van der Waals surface area contributed by atoms with Crippen LogP contribution in [-0.2, 0) is 32.5 Å². The first-order valence-electron chi connectivity index (χ1n) is 12.2. The molecule has 0 aliphatic heterocycles. The summed E-state index contributed by atoms with van der Waals surface area (Å²) >= 11 is 0. The van der Waals surface area contributed by atoms with Gasteiger partial charge in [0.15, 0.2) is 0 Å². The average molecular weight is 440 g/mol. The fourth-order valence-corrected chi connectivity index (χ4v) is 5.18. The minimum atomic E-state index is 0.268. The summed E-state index contributed by atoms with van der Waals surface area (Å²) in [5, 5.41) is 0. The molecule has 33 heavy (non-hydrogen) atoms. The maximum atomic E-state index is 6.20. The number of nitrogens with two attached hydrogens (primary N) is 1. The van der Waals surface area contributed by atoms with Crippen LogP contribution in [0.4, 0.5) is 0 Å². The van der Waals surface area contributed by atoms with Gasteiger partial charge in [0.05, 0.1) is 29.3 Å². The van der Waals surface area contributed by atoms with E-state index in [-0.39, 0.29) is 6.04 Å². The van der Waals surface area contributed by atoms with Gasteiger partial charge in [0.25, 0.3) is 0 Å². The summed E-state index contributed by atoms with van der Waals surface area (Å²) in [7, 11) is 0. The summed E-state index contributed by atoms with van der Waals surface area (Å²) in [4.78, 5) is 15.8. The van der Waals surface area contributed by atoms with Crippen LogP contribution in [0, 0.1) is 0 Å². The molecule has 170 valence electrons. The molecule has 3 N–H and O–H groups in total. The van der Waals surface area contributed by atoms with Gasteiger partial charge in [-0.05, 0) is 66.1 Å². The Balaban J connectivity index is 1.50. The summed E-state index contributed by atoms with van der Waals surface area (Å²) in [5.74, 6) is 0.996. The smallest absolute Gasteiger partial charge is 0.121 e. The molecule has 2 aromatic heterocycles. The first-order chi connectivity index (χ1) is 16.2.